The summed E-state index contributed by atoms with van der Waals surface area (Å²) in [6.07, 6.45) is 0.403. The van der Waals surface area contributed by atoms with E-state index in [4.69, 9.17) is 13.8 Å². The third-order valence-corrected chi connectivity index (χ3v) is 7.67. The zero-order chi connectivity index (χ0) is 25.7. The molecule has 0 radical (unpaired) electrons. The fraction of sp³-hybridized carbons (Fsp3) is 0.333. The molecule has 0 bridgehead atoms. The van der Waals surface area contributed by atoms with Crippen molar-refractivity contribution in [3.8, 4) is 11.1 Å². The van der Waals surface area contributed by atoms with Crippen molar-refractivity contribution in [1.29, 1.82) is 0 Å². The van der Waals surface area contributed by atoms with E-state index < -0.39 is 25.7 Å². The molecule has 0 aliphatic heterocycles. The predicted octanol–water partition coefficient (Wildman–Crippen LogP) is 3.16. The maximum atomic E-state index is 12.8. The topological polar surface area (TPSA) is 142 Å². The number of aliphatic carboxylic acids is 1. The Kier molecular flexibility index (Phi) is 7.83. The van der Waals surface area contributed by atoms with Crippen molar-refractivity contribution in [2.75, 3.05) is 19.8 Å². The number of alkyl carbamates (subject to hydrolysis) is 1. The Labute approximate surface area is 207 Å². The molecule has 1 aliphatic carbocycles. The van der Waals surface area contributed by atoms with Crippen LogP contribution in [0, 0.1) is 0 Å². The Bertz CT molecular complexity index is 1240. The van der Waals surface area contributed by atoms with Gasteiger partial charge in [-0.25, -0.2) is 14.3 Å². The van der Waals surface area contributed by atoms with Gasteiger partial charge in [0.25, 0.3) is 0 Å². The molecule has 0 spiro atoms. The van der Waals surface area contributed by atoms with Crippen LogP contribution in [0.1, 0.15) is 30.9 Å². The summed E-state index contributed by atoms with van der Waals surface area (Å²) in [5.41, 5.74) is 4.22. The molecule has 0 saturated carbocycles. The molecule has 1 amide bonds. The summed E-state index contributed by atoms with van der Waals surface area (Å²) in [5.74, 6) is -1.45. The maximum Gasteiger partial charge on any atom is 0.407 e. The van der Waals surface area contributed by atoms with Gasteiger partial charge in [-0.2, -0.15) is 0 Å². The minimum Gasteiger partial charge on any atom is -0.480 e. The highest BCUT2D eigenvalue weighted by atomic mass is 31.2. The second kappa shape index (κ2) is 11.0. The van der Waals surface area contributed by atoms with Gasteiger partial charge in [0.05, 0.1) is 26.0 Å². The van der Waals surface area contributed by atoms with E-state index in [0.717, 1.165) is 26.9 Å². The fourth-order valence-corrected chi connectivity index (χ4v) is 5.61. The number of carbonyl (C=O) groups is 2. The number of amides is 1. The van der Waals surface area contributed by atoms with Crippen LogP contribution in [0.5, 0.6) is 0 Å². The lowest BCUT2D eigenvalue weighted by molar-refractivity contribution is -0.139. The van der Waals surface area contributed by atoms with Gasteiger partial charge in [0.1, 0.15) is 12.6 Å². The normalized spacial score (nSPS) is 13.6. The van der Waals surface area contributed by atoms with Crippen LogP contribution in [-0.2, 0) is 29.7 Å². The van der Waals surface area contributed by atoms with E-state index >= 15 is 0 Å². The molecular formula is C24H27N4O7P. The molecule has 1 heterocycles. The molecule has 190 valence electrons. The largest absolute Gasteiger partial charge is 0.480 e. The van der Waals surface area contributed by atoms with Gasteiger partial charge >= 0.3 is 19.7 Å². The molecule has 1 atom stereocenters. The van der Waals surface area contributed by atoms with E-state index in [9.17, 15) is 19.3 Å². The van der Waals surface area contributed by atoms with Gasteiger partial charge in [0, 0.05) is 5.92 Å². The van der Waals surface area contributed by atoms with E-state index in [1.165, 1.54) is 6.20 Å². The highest BCUT2D eigenvalue weighted by Gasteiger charge is 2.32. The van der Waals surface area contributed by atoms with Crippen molar-refractivity contribution in [2.45, 2.75) is 32.4 Å². The van der Waals surface area contributed by atoms with E-state index in [-0.39, 0.29) is 37.7 Å². The number of hydrogen-bond donors (Lipinski definition) is 2. The number of aromatic nitrogens is 3. The summed E-state index contributed by atoms with van der Waals surface area (Å²) in [7, 11) is -3.68. The number of fused-ring (bicyclic) bond motifs is 3. The monoisotopic (exact) mass is 514 g/mol. The smallest absolute Gasteiger partial charge is 0.407 e. The zero-order valence-corrected chi connectivity index (χ0v) is 20.8. The highest BCUT2D eigenvalue weighted by molar-refractivity contribution is 7.61. The Morgan fingerprint density at radius 2 is 1.64 bits per heavy atom. The van der Waals surface area contributed by atoms with Crippen molar-refractivity contribution in [3.05, 3.63) is 65.9 Å². The number of benzene rings is 2. The molecular weight excluding hydrogens is 487 g/mol. The minimum atomic E-state index is -3.68. The van der Waals surface area contributed by atoms with Crippen LogP contribution in [0.2, 0.25) is 0 Å². The molecule has 4 rings (SSSR count). The quantitative estimate of drug-likeness (QED) is 0.369. The number of carboxylic acids is 1. The van der Waals surface area contributed by atoms with Crippen LogP contribution >= 0.6 is 7.60 Å². The van der Waals surface area contributed by atoms with Gasteiger partial charge in [-0.15, -0.1) is 5.10 Å². The summed E-state index contributed by atoms with van der Waals surface area (Å²) in [4.78, 5) is 24.3. The van der Waals surface area contributed by atoms with Crippen molar-refractivity contribution in [2.24, 2.45) is 0 Å². The number of carboxylic acid groups (broad SMARTS) is 1. The molecule has 3 aromatic rings. The van der Waals surface area contributed by atoms with E-state index in [1.54, 1.807) is 13.8 Å². The summed E-state index contributed by atoms with van der Waals surface area (Å²) >= 11 is 0. The molecule has 0 saturated heterocycles. The summed E-state index contributed by atoms with van der Waals surface area (Å²) in [6.45, 7) is 3.36. The molecule has 2 aromatic carbocycles. The summed E-state index contributed by atoms with van der Waals surface area (Å²) < 4.78 is 29.9. The lowest BCUT2D eigenvalue weighted by Crippen LogP contribution is -2.44. The van der Waals surface area contributed by atoms with Crippen LogP contribution in [0.25, 0.3) is 11.1 Å². The molecule has 1 aliphatic rings. The Balaban J connectivity index is 1.41. The Hall–Kier alpha value is -3.53. The van der Waals surface area contributed by atoms with Gasteiger partial charge in [-0.1, -0.05) is 53.7 Å². The number of ether oxygens (including phenoxy) is 1. The molecule has 2 N–H and O–H groups in total. The average Bonchev–Trinajstić information content (AvgIpc) is 3.46. The number of hydrogen-bond acceptors (Lipinski definition) is 8. The first-order chi connectivity index (χ1) is 17.4. The van der Waals surface area contributed by atoms with Crippen molar-refractivity contribution < 1.29 is 33.0 Å². The number of nitrogens with one attached hydrogen (secondary N) is 1. The fourth-order valence-electron chi connectivity index (χ4n) is 4.17. The van der Waals surface area contributed by atoms with Gasteiger partial charge in [-0.3, -0.25) is 4.57 Å². The highest BCUT2D eigenvalue weighted by Crippen LogP contribution is 2.46. The lowest BCUT2D eigenvalue weighted by Gasteiger charge is -2.17. The van der Waals surface area contributed by atoms with Gasteiger partial charge in [-0.05, 0) is 36.1 Å². The molecule has 1 aromatic heterocycles. The van der Waals surface area contributed by atoms with Crippen LogP contribution in [0.4, 0.5) is 4.79 Å². The number of nitrogens with zero attached hydrogens (tertiary/aromatic N) is 3. The Morgan fingerprint density at radius 1 is 1.06 bits per heavy atom. The third kappa shape index (κ3) is 5.33. The van der Waals surface area contributed by atoms with Crippen molar-refractivity contribution in [3.63, 3.8) is 0 Å². The predicted molar refractivity (Wildman–Crippen MR) is 130 cm³/mol. The minimum absolute atomic E-state index is 0.0449. The summed E-state index contributed by atoms with van der Waals surface area (Å²) in [5, 5.41) is 19.6. The van der Waals surface area contributed by atoms with Gasteiger partial charge in [0.15, 0.2) is 5.44 Å². The number of carbonyl (C=O) groups excluding carboxylic acids is 1. The Morgan fingerprint density at radius 3 is 2.19 bits per heavy atom. The standard InChI is InChI=1S/C24H27N4O7P/c1-3-34-36(32,35-4-2)22-14-28(27-26-22)13-21(23(29)30)25-24(31)33-15-20-18-11-7-5-9-16(18)17-10-6-8-12-19(17)20/h5-12,14,20-21H,3-4,13,15H2,1-2H3,(H,25,31)(H,29,30)/t21-/m0/s1. The zero-order valence-electron chi connectivity index (χ0n) is 19.9. The second-order valence-electron chi connectivity index (χ2n) is 7.99. The molecule has 11 nitrogen and oxygen atoms in total. The van der Waals surface area contributed by atoms with Crippen molar-refractivity contribution in [1.82, 2.24) is 20.3 Å². The van der Waals surface area contributed by atoms with Gasteiger partial charge in [0.2, 0.25) is 0 Å². The van der Waals surface area contributed by atoms with Crippen LogP contribution in [-0.4, -0.2) is 58.0 Å². The summed E-state index contributed by atoms with van der Waals surface area (Å²) in [6, 6.07) is 14.4. The molecule has 0 unspecified atom stereocenters. The third-order valence-electron chi connectivity index (χ3n) is 5.71. The van der Waals surface area contributed by atoms with Crippen LogP contribution < -0.4 is 10.8 Å². The molecule has 36 heavy (non-hydrogen) atoms. The van der Waals surface area contributed by atoms with E-state index in [1.807, 2.05) is 48.5 Å². The number of rotatable bonds is 11. The molecule has 12 heteroatoms. The maximum absolute atomic E-state index is 12.8. The lowest BCUT2D eigenvalue weighted by atomic mass is 9.98. The first-order valence-corrected chi connectivity index (χ1v) is 13.0. The first-order valence-electron chi connectivity index (χ1n) is 11.5. The SMILES string of the molecule is CCOP(=O)(OCC)c1cn(C[C@H](NC(=O)OCC2c3ccccc3-c3ccccc32)C(=O)O)nn1. The van der Waals surface area contributed by atoms with Crippen LogP contribution in [0.15, 0.2) is 54.7 Å². The van der Waals surface area contributed by atoms with Gasteiger partial charge < -0.3 is 24.2 Å². The average molecular weight is 514 g/mol. The van der Waals surface area contributed by atoms with Crippen molar-refractivity contribution >= 4 is 25.1 Å². The van der Waals surface area contributed by atoms with Crippen LogP contribution in [0.3, 0.4) is 0 Å². The second-order valence-corrected chi connectivity index (χ2v) is 9.96. The van der Waals surface area contributed by atoms with E-state index in [0.29, 0.717) is 0 Å². The molecule has 0 fully saturated rings. The first kappa shape index (κ1) is 25.6. The van der Waals surface area contributed by atoms with E-state index in [2.05, 4.69) is 15.6 Å².